The van der Waals surface area contributed by atoms with Crippen LogP contribution in [0.25, 0.3) is 0 Å². The molecule has 5 saturated heterocycles. The van der Waals surface area contributed by atoms with Crippen LogP contribution in [0.2, 0.25) is 0 Å². The van der Waals surface area contributed by atoms with Gasteiger partial charge in [0.2, 0.25) is 0 Å². The van der Waals surface area contributed by atoms with Crippen LogP contribution in [-0.4, -0.2) is 181 Å². The van der Waals surface area contributed by atoms with Crippen LogP contribution < -0.4 is 56.2 Å². The van der Waals surface area contributed by atoms with Gasteiger partial charge in [-0.25, -0.2) is 51.4 Å². The van der Waals surface area contributed by atoms with Gasteiger partial charge in [0.1, 0.15) is 92.2 Å². The SMILES string of the molecule is Cc1cn([C@H]2C[C@H](OP(=O)(O)O)[C@@H](COP(=O)(O)O[C@H]3C[C@H](n4cc(C)c(=O)[nH]c4=O)O[C@@H]3COP(=O)(O)O[C@H]3C[C@H](n4cc(C)c(=O)[nH]c4=O)O[C@@H]3COP(=O)(O)O[C@H]3C[C@H](n4cc(C)c(=O)[nH]c4=O)O[C@@H]3COP(=O)(O)O[C@H]3C[C@H](n4cc(C)c(=O)[nH]c4=O)O[C@@H]3COP(=O)(O)O)O2)c(=O)[nH]c1=O. The number of nitrogens with zero attached hydrogens (tertiary/aromatic N) is 5. The maximum atomic E-state index is 14.2. The van der Waals surface area contributed by atoms with Crippen LogP contribution in [-0.2, 0) is 96.3 Å². The summed E-state index contributed by atoms with van der Waals surface area (Å²) in [4.78, 5) is 220. The highest BCUT2D eigenvalue weighted by Crippen LogP contribution is 2.55. The molecule has 0 spiro atoms. The molecule has 5 aromatic rings. The highest BCUT2D eigenvalue weighted by Gasteiger charge is 2.51. The Labute approximate surface area is 583 Å². The van der Waals surface area contributed by atoms with E-state index >= 15 is 0 Å². The van der Waals surface area contributed by atoms with Crippen molar-refractivity contribution in [3.63, 3.8) is 0 Å². The molecule has 0 saturated carbocycles. The smallest absolute Gasteiger partial charge is 0.349 e. The summed E-state index contributed by atoms with van der Waals surface area (Å²) >= 11 is 0. The molecular formula is C50H68N10O39P6. The van der Waals surface area contributed by atoms with E-state index in [0.29, 0.717) is 0 Å². The van der Waals surface area contributed by atoms with Crippen molar-refractivity contribution in [2.45, 2.75) is 159 Å². The Morgan fingerprint density at radius 2 is 0.495 bits per heavy atom. The minimum absolute atomic E-state index is 0.00179. The minimum Gasteiger partial charge on any atom is -0.349 e. The Kier molecular flexibility index (Phi) is 24.7. The van der Waals surface area contributed by atoms with Crippen molar-refractivity contribution in [2.75, 3.05) is 33.0 Å². The summed E-state index contributed by atoms with van der Waals surface area (Å²) in [6.07, 6.45) is -23.2. The molecule has 582 valence electrons. The summed E-state index contributed by atoms with van der Waals surface area (Å²) < 4.78 is 165. The zero-order valence-electron chi connectivity index (χ0n) is 54.8. The summed E-state index contributed by atoms with van der Waals surface area (Å²) in [6.45, 7) is 0.834. The van der Waals surface area contributed by atoms with Gasteiger partial charge < -0.3 is 62.8 Å². The molecule has 10 heterocycles. The molecule has 4 unspecified atom stereocenters. The van der Waals surface area contributed by atoms with Crippen molar-refractivity contribution in [2.24, 2.45) is 0 Å². The second-order valence-electron chi connectivity index (χ2n) is 24.3. The van der Waals surface area contributed by atoms with Gasteiger partial charge in [0.25, 0.3) is 27.8 Å². The lowest BCUT2D eigenvalue weighted by molar-refractivity contribution is -0.0649. The van der Waals surface area contributed by atoms with Crippen molar-refractivity contribution in [3.05, 3.63) is 163 Å². The number of hydrogen-bond donors (Lipinski definition) is 13. The largest absolute Gasteiger partial charge is 0.472 e. The molecule has 13 N–H and O–H groups in total. The summed E-state index contributed by atoms with van der Waals surface area (Å²) in [6, 6.07) is 0. The van der Waals surface area contributed by atoms with Crippen molar-refractivity contribution in [1.82, 2.24) is 47.8 Å². The number of aromatic amines is 5. The number of aromatic nitrogens is 10. The number of nitrogens with one attached hydrogen (secondary N) is 5. The van der Waals surface area contributed by atoms with Gasteiger partial charge in [-0.05, 0) is 34.6 Å². The molecule has 0 aromatic carbocycles. The van der Waals surface area contributed by atoms with Gasteiger partial charge in [-0.15, -0.1) is 0 Å². The first-order valence-corrected chi connectivity index (χ1v) is 39.8. The summed E-state index contributed by atoms with van der Waals surface area (Å²) in [5.41, 5.74) is -9.62. The fourth-order valence-corrected chi connectivity index (χ4v) is 16.2. The third-order valence-electron chi connectivity index (χ3n) is 16.5. The predicted molar refractivity (Wildman–Crippen MR) is 340 cm³/mol. The van der Waals surface area contributed by atoms with Crippen LogP contribution >= 0.6 is 46.9 Å². The van der Waals surface area contributed by atoms with Gasteiger partial charge >= 0.3 is 75.4 Å². The summed E-state index contributed by atoms with van der Waals surface area (Å²) in [5.74, 6) is 0. The number of ether oxygens (including phenoxy) is 5. The molecule has 105 heavy (non-hydrogen) atoms. The number of phosphoric ester groups is 6. The first-order chi connectivity index (χ1) is 48.8. The quantitative estimate of drug-likeness (QED) is 0.0208. The Balaban J connectivity index is 0.852. The fraction of sp³-hybridized carbons (Fsp3) is 0.600. The Bertz CT molecular complexity index is 5050. The molecule has 5 aliphatic rings. The molecule has 0 bridgehead atoms. The maximum absolute atomic E-state index is 14.2. The average molecular weight is 1620 g/mol. The van der Waals surface area contributed by atoms with Gasteiger partial charge in [0.05, 0.1) is 33.0 Å². The van der Waals surface area contributed by atoms with Crippen LogP contribution in [0.5, 0.6) is 0 Å². The fourth-order valence-electron chi connectivity index (χ4n) is 11.5. The Hall–Kier alpha value is -6.14. The molecule has 5 aliphatic heterocycles. The van der Waals surface area contributed by atoms with Crippen LogP contribution in [0.4, 0.5) is 0 Å². The molecule has 5 fully saturated rings. The molecule has 0 aliphatic carbocycles. The van der Waals surface area contributed by atoms with Crippen molar-refractivity contribution in [1.29, 1.82) is 0 Å². The third-order valence-corrected chi connectivity index (χ3v) is 21.6. The molecule has 19 atom stereocenters. The van der Waals surface area contributed by atoms with Crippen LogP contribution in [0.1, 0.15) is 91.1 Å². The third kappa shape index (κ3) is 20.6. The van der Waals surface area contributed by atoms with Crippen LogP contribution in [0, 0.1) is 34.6 Å². The standard InChI is InChI=1S/C50H68N10O39P6/c1-21-11-56(46(66)51-41(21)61)36-6-26(95-101(74,75)76)32(91-36)17-86-102(77,78)97-28-8-38(58-13-23(3)43(63)53-48(58)68)93-34(28)19-88-104(81,82)99-30-10-40(60-15-25(5)45(65)55-50(60)70)94-35(30)20-89-105(83,84)98-29-9-39(59-14-24(4)44(64)54-49(59)69)92-33(29)18-87-103(79,80)96-27-7-37(90-31(27)16-85-100(71,72)73)57-12-22(2)42(62)52-47(57)67/h11-15,26-40H,6-10,16-20H2,1-5H3,(H,77,78)(H,79,80)(H,81,82)(H,83,84)(H,51,61,66)(H,52,62,67)(H,53,63,68)(H,54,64,69)(H,55,65,70)(H2,71,72,73)(H2,74,75,76)/t26-,27-,28-,29-,30-,31+,32+,33+,34+,35+,36+,37+,38+,39+,40+/m0/s1. The highest BCUT2D eigenvalue weighted by molar-refractivity contribution is 7.48. The van der Waals surface area contributed by atoms with E-state index in [-0.39, 0.29) is 27.8 Å². The molecule has 5 aromatic heterocycles. The van der Waals surface area contributed by atoms with Gasteiger partial charge in [-0.2, -0.15) is 0 Å². The maximum Gasteiger partial charge on any atom is 0.472 e. The Morgan fingerprint density at radius 3 is 0.676 bits per heavy atom. The van der Waals surface area contributed by atoms with Gasteiger partial charge in [-0.1, -0.05) is 0 Å². The van der Waals surface area contributed by atoms with Gasteiger partial charge in [0.15, 0.2) is 0 Å². The number of rotatable bonds is 30. The highest BCUT2D eigenvalue weighted by atomic mass is 31.2. The van der Waals surface area contributed by atoms with E-state index in [1.807, 2.05) is 24.9 Å². The van der Waals surface area contributed by atoms with Crippen LogP contribution in [0.15, 0.2) is 78.9 Å². The van der Waals surface area contributed by atoms with Crippen molar-refractivity contribution in [3.8, 4) is 0 Å². The zero-order valence-corrected chi connectivity index (χ0v) is 60.1. The van der Waals surface area contributed by atoms with Crippen LogP contribution in [0.3, 0.4) is 0 Å². The summed E-state index contributed by atoms with van der Waals surface area (Å²) in [7, 11) is -33.0. The van der Waals surface area contributed by atoms with E-state index < -0.39 is 260 Å². The number of phosphoric acid groups is 6. The lowest BCUT2D eigenvalue weighted by Gasteiger charge is -2.26. The van der Waals surface area contributed by atoms with Crippen molar-refractivity contribution >= 4 is 46.9 Å². The topological polar surface area (TPSA) is 677 Å². The molecular weight excluding hydrogens is 1550 g/mol. The first-order valence-electron chi connectivity index (χ1n) is 30.7. The monoisotopic (exact) mass is 1620 g/mol. The molecule has 10 rings (SSSR count). The second kappa shape index (κ2) is 31.8. The van der Waals surface area contributed by atoms with Gasteiger partial charge in [-0.3, -0.25) is 117 Å². The minimum atomic E-state index is -5.68. The molecule has 0 radical (unpaired) electrons. The lowest BCUT2D eigenvalue weighted by atomic mass is 10.2. The van der Waals surface area contributed by atoms with E-state index in [9.17, 15) is 114 Å². The Morgan fingerprint density at radius 1 is 0.314 bits per heavy atom. The molecule has 49 nitrogen and oxygen atoms in total. The van der Waals surface area contributed by atoms with E-state index in [4.69, 9.17) is 64.4 Å². The van der Waals surface area contributed by atoms with E-state index in [1.54, 1.807) is 0 Å². The molecule has 55 heteroatoms. The predicted octanol–water partition coefficient (Wildman–Crippen LogP) is -2.69. The number of aryl methyl sites for hydroxylation is 5. The number of hydrogen-bond acceptors (Lipinski definition) is 31. The normalized spacial score (nSPS) is 28.9. The lowest BCUT2D eigenvalue weighted by Crippen LogP contribution is -2.33. The van der Waals surface area contributed by atoms with E-state index in [0.717, 1.165) is 53.8 Å². The summed E-state index contributed by atoms with van der Waals surface area (Å²) in [5, 5.41) is 0. The second-order valence-corrected chi connectivity index (χ2v) is 32.3. The molecule has 0 amide bonds. The average Bonchev–Trinajstić information content (AvgIpc) is 1.65. The van der Waals surface area contributed by atoms with Crippen molar-refractivity contribution < 1.29 is 135 Å². The van der Waals surface area contributed by atoms with Gasteiger partial charge in [0, 0.05) is 90.9 Å². The number of H-pyrrole nitrogens is 5. The zero-order chi connectivity index (χ0) is 77.0. The van der Waals surface area contributed by atoms with E-state index in [1.165, 1.54) is 34.6 Å². The van der Waals surface area contributed by atoms with E-state index in [2.05, 4.69) is 4.52 Å². The first kappa shape index (κ1) is 81.4.